The summed E-state index contributed by atoms with van der Waals surface area (Å²) >= 11 is 2.08. The molecule has 0 amide bonds. The van der Waals surface area contributed by atoms with E-state index in [1.165, 1.54) is 0 Å². The van der Waals surface area contributed by atoms with Gasteiger partial charge in [-0.1, -0.05) is 66.1 Å². The Hall–Kier alpha value is -2.93. The topological polar surface area (TPSA) is 52.6 Å². The quantitative estimate of drug-likeness (QED) is 0.0986. The van der Waals surface area contributed by atoms with Crippen molar-refractivity contribution in [3.8, 4) is 22.6 Å². The van der Waals surface area contributed by atoms with E-state index in [9.17, 15) is 9.59 Å². The van der Waals surface area contributed by atoms with Crippen molar-refractivity contribution in [2.45, 2.75) is 6.92 Å². The van der Waals surface area contributed by atoms with Crippen molar-refractivity contribution < 1.29 is 19.1 Å². The molecule has 0 radical (unpaired) electrons. The van der Waals surface area contributed by atoms with Gasteiger partial charge in [0.25, 0.3) is 0 Å². The average Bonchev–Trinajstić information content (AvgIpc) is 2.78. The maximum absolute atomic E-state index is 11.6. The summed E-state index contributed by atoms with van der Waals surface area (Å²) in [4.78, 5) is 21.2. The van der Waals surface area contributed by atoms with Crippen LogP contribution in [0.4, 0.5) is 0 Å². The van der Waals surface area contributed by atoms with Crippen LogP contribution < -0.4 is 9.47 Å². The Kier molecular flexibility index (Phi) is 8.80. The van der Waals surface area contributed by atoms with Gasteiger partial charge in [-0.25, -0.2) is 4.79 Å². The summed E-state index contributed by atoms with van der Waals surface area (Å²) in [6.45, 7) is 8.63. The maximum Gasteiger partial charge on any atom is 0.338 e. The molecule has 0 spiro atoms. The van der Waals surface area contributed by atoms with Gasteiger partial charge >= 0.3 is 5.97 Å². The van der Waals surface area contributed by atoms with Crippen LogP contribution in [0, 0.1) is 0 Å². The highest BCUT2D eigenvalue weighted by atomic mass is 127. The maximum atomic E-state index is 11.6. The van der Waals surface area contributed by atoms with Gasteiger partial charge in [-0.3, -0.25) is 4.79 Å². The zero-order valence-electron chi connectivity index (χ0n) is 17.0. The number of carbonyl (C=O) groups excluding carboxylic acids is 2. The number of carbonyl (C=O) groups is 2. The molecule has 0 N–H and O–H groups in total. The first-order chi connectivity index (χ1) is 14.4. The van der Waals surface area contributed by atoms with Crippen LogP contribution in [0.3, 0.4) is 0 Å². The van der Waals surface area contributed by atoms with Crippen LogP contribution >= 0.6 is 22.6 Å². The van der Waals surface area contributed by atoms with Gasteiger partial charge in [0.1, 0.15) is 17.8 Å². The molecular weight excluding hydrogens is 491 g/mol. The summed E-state index contributed by atoms with van der Waals surface area (Å²) in [5, 5.41) is 2.10. The minimum Gasteiger partial charge on any atom is -0.497 e. The molecule has 0 unspecified atom stereocenters. The van der Waals surface area contributed by atoms with E-state index >= 15 is 0 Å². The fourth-order valence-electron chi connectivity index (χ4n) is 2.48. The number of esters is 1. The van der Waals surface area contributed by atoms with E-state index in [0.717, 1.165) is 38.4 Å². The summed E-state index contributed by atoms with van der Waals surface area (Å²) in [5.41, 5.74) is 3.27. The molecule has 0 saturated heterocycles. The summed E-state index contributed by atoms with van der Waals surface area (Å²) in [5.74, 6) is 0.945. The number of benzene rings is 3. The number of alkyl halides is 1. The van der Waals surface area contributed by atoms with Crippen LogP contribution in [0.25, 0.3) is 21.9 Å². The Balaban J connectivity index is 0.000000469. The monoisotopic (exact) mass is 514 g/mol. The predicted molar refractivity (Wildman–Crippen MR) is 130 cm³/mol. The number of hydrogen-bond donors (Lipinski definition) is 0. The standard InChI is InChI=1S/C21H18O3.C4H5IO/c1-14(2)21(22)24-20-11-8-17-12-16(4-5-18(17)13-20)15-6-9-19(23-3)10-7-15;1-4(2-5)3-6/h4-13H,1H2,2-3H3;3H,1-2H2. The number of halogens is 1. The Morgan fingerprint density at radius 1 is 0.933 bits per heavy atom. The lowest BCUT2D eigenvalue weighted by Crippen LogP contribution is -2.07. The zero-order chi connectivity index (χ0) is 22.1. The molecule has 0 aromatic heterocycles. The summed E-state index contributed by atoms with van der Waals surface area (Å²) in [7, 11) is 1.66. The molecule has 0 aliphatic carbocycles. The van der Waals surface area contributed by atoms with Crippen molar-refractivity contribution in [3.05, 3.63) is 85.0 Å². The number of rotatable bonds is 6. The molecule has 0 bridgehead atoms. The van der Waals surface area contributed by atoms with E-state index < -0.39 is 5.97 Å². The molecule has 30 heavy (non-hydrogen) atoms. The molecule has 154 valence electrons. The van der Waals surface area contributed by atoms with Crippen molar-refractivity contribution in [2.24, 2.45) is 0 Å². The molecular formula is C25H23IO4. The Bertz CT molecular complexity index is 1070. The number of ether oxygens (including phenoxy) is 2. The van der Waals surface area contributed by atoms with Gasteiger partial charge in [-0.2, -0.15) is 0 Å². The van der Waals surface area contributed by atoms with E-state index in [2.05, 4.69) is 47.9 Å². The number of allylic oxidation sites excluding steroid dienone is 1. The number of methoxy groups -OCH3 is 1. The lowest BCUT2D eigenvalue weighted by molar-refractivity contribution is -0.130. The lowest BCUT2D eigenvalue weighted by Gasteiger charge is -2.08. The van der Waals surface area contributed by atoms with Gasteiger partial charge in [0, 0.05) is 10.0 Å². The van der Waals surface area contributed by atoms with Crippen molar-refractivity contribution in [2.75, 3.05) is 11.5 Å². The molecule has 0 fully saturated rings. The van der Waals surface area contributed by atoms with E-state index in [4.69, 9.17) is 9.47 Å². The normalized spacial score (nSPS) is 9.83. The zero-order valence-corrected chi connectivity index (χ0v) is 19.1. The first-order valence-electron chi connectivity index (χ1n) is 9.12. The molecule has 0 atom stereocenters. The second-order valence-corrected chi connectivity index (χ2v) is 7.29. The number of hydrogen-bond acceptors (Lipinski definition) is 4. The third-order valence-electron chi connectivity index (χ3n) is 4.13. The van der Waals surface area contributed by atoms with Crippen LogP contribution in [0.2, 0.25) is 0 Å². The third kappa shape index (κ3) is 6.56. The molecule has 0 heterocycles. The number of fused-ring (bicyclic) bond motifs is 1. The van der Waals surface area contributed by atoms with Crippen LogP contribution in [-0.2, 0) is 9.59 Å². The Labute approximate surface area is 190 Å². The van der Waals surface area contributed by atoms with E-state index in [-0.39, 0.29) is 0 Å². The van der Waals surface area contributed by atoms with Crippen molar-refractivity contribution in [3.63, 3.8) is 0 Å². The fourth-order valence-corrected chi connectivity index (χ4v) is 2.66. The average molecular weight is 514 g/mol. The first kappa shape index (κ1) is 23.3. The highest BCUT2D eigenvalue weighted by Crippen LogP contribution is 2.28. The van der Waals surface area contributed by atoms with Crippen molar-refractivity contribution in [1.29, 1.82) is 0 Å². The largest absolute Gasteiger partial charge is 0.497 e. The second-order valence-electron chi connectivity index (χ2n) is 6.53. The lowest BCUT2D eigenvalue weighted by atomic mass is 10.0. The molecule has 3 rings (SSSR count). The van der Waals surface area contributed by atoms with Gasteiger partial charge in [-0.05, 0) is 64.7 Å². The molecule has 5 heteroatoms. The van der Waals surface area contributed by atoms with Gasteiger partial charge < -0.3 is 9.47 Å². The van der Waals surface area contributed by atoms with Crippen molar-refractivity contribution in [1.82, 2.24) is 0 Å². The van der Waals surface area contributed by atoms with Gasteiger partial charge in [0.05, 0.1) is 7.11 Å². The minimum atomic E-state index is -0.413. The smallest absolute Gasteiger partial charge is 0.338 e. The first-order valence-corrected chi connectivity index (χ1v) is 10.7. The molecule has 4 nitrogen and oxygen atoms in total. The molecule has 0 aliphatic rings. The highest BCUT2D eigenvalue weighted by Gasteiger charge is 2.07. The fraction of sp³-hybridized carbons (Fsp3) is 0.120. The van der Waals surface area contributed by atoms with E-state index in [1.807, 2.05) is 42.5 Å². The third-order valence-corrected chi connectivity index (χ3v) is 5.11. The van der Waals surface area contributed by atoms with Crippen LogP contribution in [0.1, 0.15) is 6.92 Å². The molecule has 0 saturated carbocycles. The summed E-state index contributed by atoms with van der Waals surface area (Å²) in [6.07, 6.45) is 0.770. The Morgan fingerprint density at radius 3 is 2.03 bits per heavy atom. The van der Waals surface area contributed by atoms with Crippen LogP contribution in [0.5, 0.6) is 11.5 Å². The summed E-state index contributed by atoms with van der Waals surface area (Å²) < 4.78 is 11.2. The van der Waals surface area contributed by atoms with E-state index in [0.29, 0.717) is 16.9 Å². The van der Waals surface area contributed by atoms with Gasteiger partial charge in [-0.15, -0.1) is 0 Å². The highest BCUT2D eigenvalue weighted by molar-refractivity contribution is 14.1. The van der Waals surface area contributed by atoms with Crippen LogP contribution in [0.15, 0.2) is 85.0 Å². The summed E-state index contributed by atoms with van der Waals surface area (Å²) in [6, 6.07) is 19.7. The SMILES string of the molecule is C=C(C)C(=O)Oc1ccc2cc(-c3ccc(OC)cc3)ccc2c1.C=C(C=O)CI. The second kappa shape index (κ2) is 11.3. The minimum absolute atomic E-state index is 0.380. The number of aldehydes is 1. The Morgan fingerprint density at radius 2 is 1.50 bits per heavy atom. The predicted octanol–water partition coefficient (Wildman–Crippen LogP) is 6.17. The molecule has 0 aliphatic heterocycles. The molecule has 3 aromatic rings. The molecule has 3 aromatic carbocycles. The van der Waals surface area contributed by atoms with Gasteiger partial charge in [0.15, 0.2) is 0 Å². The van der Waals surface area contributed by atoms with Gasteiger partial charge in [0.2, 0.25) is 0 Å². The van der Waals surface area contributed by atoms with Crippen molar-refractivity contribution >= 4 is 45.6 Å². The van der Waals surface area contributed by atoms with E-state index in [1.54, 1.807) is 20.1 Å². The van der Waals surface area contributed by atoms with Crippen LogP contribution in [-0.4, -0.2) is 23.8 Å².